The fraction of sp³-hybridized carbons (Fsp3) is 0.227. The Balaban J connectivity index is 1.93. The maximum Gasteiger partial charge on any atom is 0.336 e. The Morgan fingerprint density at radius 3 is 2.55 bits per heavy atom. The van der Waals surface area contributed by atoms with Crippen LogP contribution in [-0.2, 0) is 4.79 Å². The predicted octanol–water partition coefficient (Wildman–Crippen LogP) is 3.09. The highest BCUT2D eigenvalue weighted by Gasteiger charge is 2.40. The number of nitro groups is 1. The van der Waals surface area contributed by atoms with E-state index in [0.717, 1.165) is 6.07 Å². The minimum Gasteiger partial charge on any atom is -0.506 e. The Hall–Kier alpha value is -4.41. The molecular formula is C22H15NO10. The number of nitro benzene ring substituents is 1. The summed E-state index contributed by atoms with van der Waals surface area (Å²) in [4.78, 5) is 48.4. The quantitative estimate of drug-likeness (QED) is 0.156. The van der Waals surface area contributed by atoms with Gasteiger partial charge < -0.3 is 23.7 Å². The van der Waals surface area contributed by atoms with Crippen LogP contribution in [-0.4, -0.2) is 28.6 Å². The van der Waals surface area contributed by atoms with Crippen LogP contribution >= 0.6 is 0 Å². The number of aryl methyl sites for hydroxylation is 1. The summed E-state index contributed by atoms with van der Waals surface area (Å²) in [6.45, 7) is 2.59. The van der Waals surface area contributed by atoms with Crippen LogP contribution in [0.5, 0.6) is 23.0 Å². The summed E-state index contributed by atoms with van der Waals surface area (Å²) in [6.07, 6.45) is -0.345. The number of hydrogen-bond donors (Lipinski definition) is 1. The Morgan fingerprint density at radius 2 is 1.88 bits per heavy atom. The van der Waals surface area contributed by atoms with Crippen LogP contribution in [0.15, 0.2) is 27.4 Å². The first-order valence-electron chi connectivity index (χ1n) is 9.80. The fourth-order valence-corrected chi connectivity index (χ4v) is 4.39. The monoisotopic (exact) mass is 453 g/mol. The number of ketones is 1. The molecule has 1 N–H and O–H groups in total. The van der Waals surface area contributed by atoms with Crippen LogP contribution in [0.3, 0.4) is 0 Å². The molecule has 11 heteroatoms. The van der Waals surface area contributed by atoms with Crippen LogP contribution in [0.25, 0.3) is 11.0 Å². The van der Waals surface area contributed by atoms with Crippen molar-refractivity contribution in [3.05, 3.63) is 61.0 Å². The number of fused-ring (bicyclic) bond motifs is 4. The van der Waals surface area contributed by atoms with E-state index in [2.05, 4.69) is 0 Å². The van der Waals surface area contributed by atoms with Gasteiger partial charge in [-0.2, -0.15) is 0 Å². The van der Waals surface area contributed by atoms with Crippen molar-refractivity contribution in [2.45, 2.75) is 26.2 Å². The number of carbonyl (C=O) groups is 2. The number of Topliss-reactive ketones (excluding diaryl/α,β-unsaturated/α-hetero) is 1. The lowest BCUT2D eigenvalue weighted by Crippen LogP contribution is -2.24. The molecule has 3 heterocycles. The molecule has 2 aromatic carbocycles. The second-order valence-electron chi connectivity index (χ2n) is 7.73. The van der Waals surface area contributed by atoms with Gasteiger partial charge in [-0.3, -0.25) is 19.7 Å². The van der Waals surface area contributed by atoms with E-state index in [4.69, 9.17) is 18.6 Å². The van der Waals surface area contributed by atoms with Crippen LogP contribution in [0.4, 0.5) is 5.69 Å². The molecule has 3 aromatic rings. The van der Waals surface area contributed by atoms with Gasteiger partial charge in [0.15, 0.2) is 23.0 Å². The number of carbonyl (C=O) groups excluding carboxylic acids is 2. The number of esters is 1. The fourth-order valence-electron chi connectivity index (χ4n) is 4.39. The molecule has 2 aliphatic heterocycles. The van der Waals surface area contributed by atoms with Gasteiger partial charge >= 0.3 is 11.6 Å². The Morgan fingerprint density at radius 1 is 1.18 bits per heavy atom. The minimum absolute atomic E-state index is 0.0740. The van der Waals surface area contributed by atoms with Gasteiger partial charge in [0.1, 0.15) is 16.9 Å². The molecule has 2 aliphatic rings. The number of hydrogen-bond acceptors (Lipinski definition) is 10. The first kappa shape index (κ1) is 20.5. The van der Waals surface area contributed by atoms with E-state index < -0.39 is 34.0 Å². The molecule has 0 amide bonds. The predicted molar refractivity (Wildman–Crippen MR) is 110 cm³/mol. The van der Waals surface area contributed by atoms with Gasteiger partial charge in [0.05, 0.1) is 22.8 Å². The maximum absolute atomic E-state index is 12.5. The first-order valence-corrected chi connectivity index (χ1v) is 9.80. The van der Waals surface area contributed by atoms with Crippen LogP contribution < -0.4 is 19.8 Å². The summed E-state index contributed by atoms with van der Waals surface area (Å²) in [6, 6.07) is 3.71. The zero-order valence-electron chi connectivity index (χ0n) is 17.3. The Kier molecular flexibility index (Phi) is 4.38. The maximum atomic E-state index is 12.5. The topological polar surface area (TPSA) is 155 Å². The molecule has 0 unspecified atom stereocenters. The van der Waals surface area contributed by atoms with Crippen molar-refractivity contribution in [2.24, 2.45) is 0 Å². The molecule has 0 bridgehead atoms. The second-order valence-corrected chi connectivity index (χ2v) is 7.73. The third-order valence-electron chi connectivity index (χ3n) is 5.73. The zero-order valence-corrected chi connectivity index (χ0v) is 17.3. The van der Waals surface area contributed by atoms with E-state index >= 15 is 0 Å². The molecule has 5 rings (SSSR count). The summed E-state index contributed by atoms with van der Waals surface area (Å²) in [5.41, 5.74) is -1.03. The van der Waals surface area contributed by atoms with E-state index in [-0.39, 0.29) is 63.8 Å². The Labute approximate surface area is 184 Å². The average molecular weight is 453 g/mol. The van der Waals surface area contributed by atoms with Gasteiger partial charge in [0, 0.05) is 23.1 Å². The van der Waals surface area contributed by atoms with Crippen molar-refractivity contribution in [3.63, 3.8) is 0 Å². The highest BCUT2D eigenvalue weighted by molar-refractivity contribution is 6.09. The van der Waals surface area contributed by atoms with Crippen molar-refractivity contribution in [2.75, 3.05) is 6.79 Å². The average Bonchev–Trinajstić information content (AvgIpc) is 3.18. The largest absolute Gasteiger partial charge is 0.506 e. The minimum atomic E-state index is -1.04. The molecular weight excluding hydrogens is 438 g/mol. The molecule has 1 atom stereocenters. The van der Waals surface area contributed by atoms with E-state index in [1.165, 1.54) is 19.1 Å². The van der Waals surface area contributed by atoms with Crippen molar-refractivity contribution in [1.29, 1.82) is 0 Å². The first-order chi connectivity index (χ1) is 15.7. The summed E-state index contributed by atoms with van der Waals surface area (Å²) < 4.78 is 21.3. The summed E-state index contributed by atoms with van der Waals surface area (Å²) >= 11 is 0. The standard InChI is InChI=1S/C22H15NO10/c1-8-3-15(25)32-21-17(8)20(27)18(9(2)24)22-19(21)11(5-16(26)33-22)10-4-13-14(31-7-30-13)6-12(10)23(28)29/h3-4,6,11,27H,5,7H2,1-2H3/t11-/m1/s1. The molecule has 0 radical (unpaired) electrons. The van der Waals surface area contributed by atoms with E-state index in [0.29, 0.717) is 5.56 Å². The normalized spacial score (nSPS) is 16.4. The lowest BCUT2D eigenvalue weighted by atomic mass is 9.82. The third kappa shape index (κ3) is 3.00. The van der Waals surface area contributed by atoms with Gasteiger partial charge in [-0.25, -0.2) is 4.79 Å². The molecule has 168 valence electrons. The molecule has 0 spiro atoms. The highest BCUT2D eigenvalue weighted by Crippen LogP contribution is 2.52. The van der Waals surface area contributed by atoms with E-state index in [9.17, 15) is 29.6 Å². The Bertz CT molecular complexity index is 1470. The van der Waals surface area contributed by atoms with Crippen molar-refractivity contribution in [1.82, 2.24) is 0 Å². The van der Waals surface area contributed by atoms with Crippen molar-refractivity contribution >= 4 is 28.4 Å². The SMILES string of the molecule is CC(=O)c1c2c(c3oc(=O)cc(C)c3c1O)[C@@H](c1cc3c(cc1[N+](=O)[O-])OCO3)CC(=O)O2. The zero-order chi connectivity index (χ0) is 23.6. The molecule has 1 aromatic heterocycles. The summed E-state index contributed by atoms with van der Waals surface area (Å²) in [7, 11) is 0. The van der Waals surface area contributed by atoms with Gasteiger partial charge in [0.25, 0.3) is 5.69 Å². The number of benzene rings is 2. The number of aromatic hydroxyl groups is 1. The van der Waals surface area contributed by atoms with Crippen molar-refractivity contribution < 1.29 is 38.2 Å². The van der Waals surface area contributed by atoms with Crippen LogP contribution in [0, 0.1) is 17.0 Å². The molecule has 0 aliphatic carbocycles. The second kappa shape index (κ2) is 7.05. The molecule has 0 saturated carbocycles. The number of phenolic OH excluding ortho intramolecular Hbond substituents is 1. The lowest BCUT2D eigenvalue weighted by Gasteiger charge is -2.27. The highest BCUT2D eigenvalue weighted by atomic mass is 16.7. The molecule has 11 nitrogen and oxygen atoms in total. The molecule has 0 saturated heterocycles. The van der Waals surface area contributed by atoms with Gasteiger partial charge in [-0.05, 0) is 25.5 Å². The lowest BCUT2D eigenvalue weighted by molar-refractivity contribution is -0.385. The van der Waals surface area contributed by atoms with Crippen LogP contribution in [0.1, 0.15) is 46.3 Å². The summed E-state index contributed by atoms with van der Waals surface area (Å²) in [5, 5.41) is 22.8. The van der Waals surface area contributed by atoms with Gasteiger partial charge in [0.2, 0.25) is 6.79 Å². The van der Waals surface area contributed by atoms with Gasteiger partial charge in [-0.15, -0.1) is 0 Å². The number of rotatable bonds is 3. The number of phenols is 1. The number of nitrogens with zero attached hydrogens (tertiary/aromatic N) is 1. The molecule has 0 fully saturated rings. The smallest absolute Gasteiger partial charge is 0.336 e. The summed E-state index contributed by atoms with van der Waals surface area (Å²) in [5.74, 6) is -2.82. The van der Waals surface area contributed by atoms with Crippen molar-refractivity contribution in [3.8, 4) is 23.0 Å². The van der Waals surface area contributed by atoms with Crippen LogP contribution in [0.2, 0.25) is 0 Å². The third-order valence-corrected chi connectivity index (χ3v) is 5.73. The van der Waals surface area contributed by atoms with E-state index in [1.54, 1.807) is 6.92 Å². The molecule has 33 heavy (non-hydrogen) atoms. The van der Waals surface area contributed by atoms with Gasteiger partial charge in [-0.1, -0.05) is 0 Å². The number of ether oxygens (including phenoxy) is 3. The van der Waals surface area contributed by atoms with E-state index in [1.807, 2.05) is 0 Å².